The van der Waals surface area contributed by atoms with Crippen LogP contribution >= 0.6 is 11.6 Å². The molecule has 1 aliphatic carbocycles. The van der Waals surface area contributed by atoms with E-state index in [9.17, 15) is 4.79 Å². The van der Waals surface area contributed by atoms with E-state index in [2.05, 4.69) is 13.8 Å². The number of methoxy groups -OCH3 is 1. The van der Waals surface area contributed by atoms with Crippen molar-refractivity contribution in [1.82, 2.24) is 0 Å². The van der Waals surface area contributed by atoms with Crippen LogP contribution in [0.5, 0.6) is 5.75 Å². The van der Waals surface area contributed by atoms with Crippen LogP contribution in [0, 0.1) is 5.92 Å². The van der Waals surface area contributed by atoms with Crippen molar-refractivity contribution in [1.29, 1.82) is 0 Å². The number of carbonyl (C=O) groups is 1. The van der Waals surface area contributed by atoms with Gasteiger partial charge in [0.05, 0.1) is 12.7 Å². The number of ketones is 1. The van der Waals surface area contributed by atoms with E-state index in [1.165, 1.54) is 6.42 Å². The molecule has 0 unspecified atom stereocenters. The average molecular weight is 295 g/mol. The zero-order chi connectivity index (χ0) is 14.7. The second-order valence-corrected chi connectivity index (χ2v) is 6.37. The molecule has 1 aliphatic rings. The number of carbonyl (C=O) groups excluding carboxylic acids is 1. The van der Waals surface area contributed by atoms with Gasteiger partial charge in [0.2, 0.25) is 0 Å². The van der Waals surface area contributed by atoms with E-state index in [0.29, 0.717) is 16.3 Å². The van der Waals surface area contributed by atoms with Crippen LogP contribution in [0.15, 0.2) is 12.1 Å². The summed E-state index contributed by atoms with van der Waals surface area (Å²) in [6.45, 7) is 4.17. The van der Waals surface area contributed by atoms with Crippen LogP contribution in [0.1, 0.15) is 67.8 Å². The normalized spacial score (nSPS) is 16.4. The van der Waals surface area contributed by atoms with Gasteiger partial charge in [-0.2, -0.15) is 0 Å². The molecule has 1 aromatic rings. The summed E-state index contributed by atoms with van der Waals surface area (Å²) in [5.74, 6) is 1.32. The van der Waals surface area contributed by atoms with Crippen molar-refractivity contribution in [2.24, 2.45) is 5.92 Å². The van der Waals surface area contributed by atoms with Crippen molar-refractivity contribution >= 4 is 17.4 Å². The zero-order valence-electron chi connectivity index (χ0n) is 12.5. The molecule has 2 rings (SSSR count). The fourth-order valence-electron chi connectivity index (χ4n) is 3.04. The predicted octanol–water partition coefficient (Wildman–Crippen LogP) is 5.24. The molecular weight excluding hydrogens is 272 g/mol. The molecule has 0 saturated heterocycles. The molecule has 0 radical (unpaired) electrons. The van der Waals surface area contributed by atoms with E-state index in [1.54, 1.807) is 13.2 Å². The molecular formula is C17H23ClO2. The van der Waals surface area contributed by atoms with Gasteiger partial charge in [-0.05, 0) is 36.5 Å². The van der Waals surface area contributed by atoms with Crippen molar-refractivity contribution in [3.05, 3.63) is 28.3 Å². The van der Waals surface area contributed by atoms with Gasteiger partial charge < -0.3 is 4.74 Å². The van der Waals surface area contributed by atoms with E-state index in [0.717, 1.165) is 31.2 Å². The van der Waals surface area contributed by atoms with E-state index in [4.69, 9.17) is 16.3 Å². The Bertz CT molecular complexity index is 488. The Morgan fingerprint density at radius 1 is 1.25 bits per heavy atom. The lowest BCUT2D eigenvalue weighted by molar-refractivity contribution is 0.0886. The fraction of sp³-hybridized carbons (Fsp3) is 0.588. The first-order valence-corrected chi connectivity index (χ1v) is 7.84. The van der Waals surface area contributed by atoms with Crippen LogP contribution < -0.4 is 4.74 Å². The van der Waals surface area contributed by atoms with Crippen LogP contribution in [0.25, 0.3) is 0 Å². The Morgan fingerprint density at radius 2 is 1.90 bits per heavy atom. The summed E-state index contributed by atoms with van der Waals surface area (Å²) in [5.41, 5.74) is 1.68. The van der Waals surface area contributed by atoms with Crippen molar-refractivity contribution in [3.8, 4) is 5.75 Å². The van der Waals surface area contributed by atoms with Crippen molar-refractivity contribution < 1.29 is 9.53 Å². The Balaban J connectivity index is 2.41. The van der Waals surface area contributed by atoms with Gasteiger partial charge in [0.15, 0.2) is 5.78 Å². The van der Waals surface area contributed by atoms with Crippen LogP contribution in [0.2, 0.25) is 5.02 Å². The summed E-state index contributed by atoms with van der Waals surface area (Å²) in [4.78, 5) is 12.8. The number of hydrogen-bond donors (Lipinski definition) is 0. The summed E-state index contributed by atoms with van der Waals surface area (Å²) in [6.07, 6.45) is 5.53. The number of benzene rings is 1. The van der Waals surface area contributed by atoms with Crippen LogP contribution in [-0.4, -0.2) is 12.9 Å². The van der Waals surface area contributed by atoms with Gasteiger partial charge in [0.1, 0.15) is 5.75 Å². The molecule has 110 valence electrons. The number of rotatable bonds is 4. The van der Waals surface area contributed by atoms with Gasteiger partial charge in [-0.3, -0.25) is 4.79 Å². The van der Waals surface area contributed by atoms with Crippen molar-refractivity contribution in [3.63, 3.8) is 0 Å². The minimum Gasteiger partial charge on any atom is -0.496 e. The van der Waals surface area contributed by atoms with E-state index in [-0.39, 0.29) is 17.6 Å². The third kappa shape index (κ3) is 3.17. The number of ether oxygens (including phenoxy) is 1. The number of halogens is 1. The lowest BCUT2D eigenvalue weighted by atomic mass is 9.83. The maximum Gasteiger partial charge on any atom is 0.169 e. The van der Waals surface area contributed by atoms with Crippen molar-refractivity contribution in [2.45, 2.75) is 51.9 Å². The first kappa shape index (κ1) is 15.4. The largest absolute Gasteiger partial charge is 0.496 e. The smallest absolute Gasteiger partial charge is 0.169 e. The highest BCUT2D eigenvalue weighted by molar-refractivity contribution is 6.31. The molecule has 0 atom stereocenters. The fourth-order valence-corrected chi connectivity index (χ4v) is 3.27. The molecule has 1 saturated carbocycles. The first-order chi connectivity index (χ1) is 9.54. The van der Waals surface area contributed by atoms with E-state index < -0.39 is 0 Å². The summed E-state index contributed by atoms with van der Waals surface area (Å²) < 4.78 is 5.53. The second kappa shape index (κ2) is 6.62. The molecule has 1 fully saturated rings. The highest BCUT2D eigenvalue weighted by Crippen LogP contribution is 2.36. The highest BCUT2D eigenvalue weighted by Gasteiger charge is 2.26. The average Bonchev–Trinajstić information content (AvgIpc) is 2.46. The molecule has 1 aromatic carbocycles. The Morgan fingerprint density at radius 3 is 2.45 bits per heavy atom. The number of Topliss-reactive ketones (excluding diaryl/α,β-unsaturated/α-hetero) is 1. The Hall–Kier alpha value is -1.02. The van der Waals surface area contributed by atoms with Crippen molar-refractivity contribution in [2.75, 3.05) is 7.11 Å². The zero-order valence-corrected chi connectivity index (χ0v) is 13.3. The van der Waals surface area contributed by atoms with Crippen LogP contribution in [-0.2, 0) is 0 Å². The minimum atomic E-state index is 0.135. The Kier molecular flexibility index (Phi) is 5.09. The maximum absolute atomic E-state index is 12.8. The molecule has 0 aliphatic heterocycles. The first-order valence-electron chi connectivity index (χ1n) is 7.46. The van der Waals surface area contributed by atoms with Crippen LogP contribution in [0.4, 0.5) is 0 Å². The molecule has 0 amide bonds. The molecule has 3 heteroatoms. The predicted molar refractivity (Wildman–Crippen MR) is 83.0 cm³/mol. The molecule has 0 bridgehead atoms. The lowest BCUT2D eigenvalue weighted by Crippen LogP contribution is -2.19. The Labute approximate surface area is 126 Å². The van der Waals surface area contributed by atoms with Gasteiger partial charge in [-0.15, -0.1) is 0 Å². The van der Waals surface area contributed by atoms with Gasteiger partial charge in [0, 0.05) is 10.9 Å². The summed E-state index contributed by atoms with van der Waals surface area (Å²) in [6, 6.07) is 3.67. The molecule has 0 aromatic heterocycles. The SMILES string of the molecule is COc1c(C(=O)C2CCCCC2)cc(Cl)cc1C(C)C. The summed E-state index contributed by atoms with van der Waals surface area (Å²) in [5, 5.41) is 0.619. The molecule has 0 spiro atoms. The molecule has 0 N–H and O–H groups in total. The van der Waals surface area contributed by atoms with E-state index >= 15 is 0 Å². The second-order valence-electron chi connectivity index (χ2n) is 5.93. The molecule has 0 heterocycles. The maximum atomic E-state index is 12.8. The summed E-state index contributed by atoms with van der Waals surface area (Å²) >= 11 is 6.20. The molecule has 2 nitrogen and oxygen atoms in total. The van der Waals surface area contributed by atoms with Gasteiger partial charge in [0.25, 0.3) is 0 Å². The van der Waals surface area contributed by atoms with Crippen LogP contribution in [0.3, 0.4) is 0 Å². The lowest BCUT2D eigenvalue weighted by Gasteiger charge is -2.23. The van der Waals surface area contributed by atoms with Gasteiger partial charge in [-0.1, -0.05) is 44.7 Å². The van der Waals surface area contributed by atoms with Gasteiger partial charge >= 0.3 is 0 Å². The third-order valence-electron chi connectivity index (χ3n) is 4.15. The monoisotopic (exact) mass is 294 g/mol. The summed E-state index contributed by atoms with van der Waals surface area (Å²) in [7, 11) is 1.63. The molecule has 20 heavy (non-hydrogen) atoms. The van der Waals surface area contributed by atoms with E-state index in [1.807, 2.05) is 6.07 Å². The quantitative estimate of drug-likeness (QED) is 0.710. The minimum absolute atomic E-state index is 0.135. The standard InChI is InChI=1S/C17H23ClO2/c1-11(2)14-9-13(18)10-15(17(14)20-3)16(19)12-7-5-4-6-8-12/h9-12H,4-8H2,1-3H3. The topological polar surface area (TPSA) is 26.3 Å². The highest BCUT2D eigenvalue weighted by atomic mass is 35.5. The van der Waals surface area contributed by atoms with Gasteiger partial charge in [-0.25, -0.2) is 0 Å². The third-order valence-corrected chi connectivity index (χ3v) is 4.37. The number of hydrogen-bond acceptors (Lipinski definition) is 2.